The first-order valence-corrected chi connectivity index (χ1v) is 11.4. The highest BCUT2D eigenvalue weighted by Gasteiger charge is 2.43. The van der Waals surface area contributed by atoms with E-state index >= 15 is 0 Å². The number of aryl methyl sites for hydroxylation is 3. The minimum atomic E-state index is -4.82. The van der Waals surface area contributed by atoms with Crippen LogP contribution < -0.4 is 4.90 Å². The van der Waals surface area contributed by atoms with Gasteiger partial charge in [-0.1, -0.05) is 49.8 Å². The predicted octanol–water partition coefficient (Wildman–Crippen LogP) is 6.25. The van der Waals surface area contributed by atoms with Crippen molar-refractivity contribution in [1.82, 2.24) is 9.55 Å². The molecule has 0 unspecified atom stereocenters. The van der Waals surface area contributed by atoms with E-state index < -0.39 is 23.5 Å². The second-order valence-corrected chi connectivity index (χ2v) is 8.89. The zero-order valence-corrected chi connectivity index (χ0v) is 19.7. The van der Waals surface area contributed by atoms with Gasteiger partial charge in [0.15, 0.2) is 11.4 Å². The molecule has 1 aromatic carbocycles. The minimum Gasteiger partial charge on any atom is -0.662 e. The number of rotatable bonds is 6. The summed E-state index contributed by atoms with van der Waals surface area (Å²) < 4.78 is 41.0. The molecule has 6 nitrogen and oxygen atoms in total. The molecule has 2 heterocycles. The van der Waals surface area contributed by atoms with Crippen molar-refractivity contribution in [2.24, 2.45) is 5.92 Å². The van der Waals surface area contributed by atoms with Gasteiger partial charge in [-0.25, -0.2) is 9.78 Å². The molecule has 0 bridgehead atoms. The summed E-state index contributed by atoms with van der Waals surface area (Å²) in [7, 11) is 0. The van der Waals surface area contributed by atoms with Crippen LogP contribution in [0, 0.1) is 26.7 Å². The second-order valence-electron chi connectivity index (χ2n) is 8.89. The Kier molecular flexibility index (Phi) is 7.72. The van der Waals surface area contributed by atoms with Crippen molar-refractivity contribution in [2.75, 3.05) is 24.5 Å². The van der Waals surface area contributed by atoms with Crippen molar-refractivity contribution in [3.63, 3.8) is 0 Å². The summed E-state index contributed by atoms with van der Waals surface area (Å²) in [6.45, 7) is 10.8. The van der Waals surface area contributed by atoms with Crippen LogP contribution >= 0.6 is 0 Å². The van der Waals surface area contributed by atoms with E-state index in [0.717, 1.165) is 46.0 Å². The Bertz CT molecular complexity index is 973. The highest BCUT2D eigenvalue weighted by atomic mass is 19.4. The number of aromatic carboxylic acids is 1. The van der Waals surface area contributed by atoms with Crippen LogP contribution in [-0.2, 0) is 12.7 Å². The van der Waals surface area contributed by atoms with Crippen LogP contribution in [0.25, 0.3) is 5.32 Å². The fraction of sp³-hybridized carbons (Fsp3) is 0.583. The van der Waals surface area contributed by atoms with Gasteiger partial charge in [-0.3, -0.25) is 0 Å². The molecule has 1 aliphatic carbocycles. The van der Waals surface area contributed by atoms with Crippen molar-refractivity contribution in [2.45, 2.75) is 66.1 Å². The number of carboxylic acid groups (broad SMARTS) is 1. The van der Waals surface area contributed by atoms with Crippen LogP contribution in [0.4, 0.5) is 24.8 Å². The lowest BCUT2D eigenvalue weighted by Gasteiger charge is -2.32. The Morgan fingerprint density at radius 1 is 1.18 bits per heavy atom. The Hall–Kier alpha value is -2.55. The Morgan fingerprint density at radius 3 is 2.33 bits per heavy atom. The fourth-order valence-corrected chi connectivity index (χ4v) is 4.30. The maximum atomic E-state index is 13.3. The van der Waals surface area contributed by atoms with Gasteiger partial charge in [0.25, 0.3) is 0 Å². The zero-order chi connectivity index (χ0) is 24.3. The quantitative estimate of drug-likeness (QED) is 0.512. The summed E-state index contributed by atoms with van der Waals surface area (Å²) in [4.78, 5) is 16.8. The van der Waals surface area contributed by atoms with Crippen molar-refractivity contribution in [1.29, 1.82) is 0 Å². The molecule has 0 amide bonds. The summed E-state index contributed by atoms with van der Waals surface area (Å²) in [6, 6.07) is 3.90. The van der Waals surface area contributed by atoms with Crippen molar-refractivity contribution in [3.8, 4) is 0 Å². The molecule has 0 saturated heterocycles. The van der Waals surface area contributed by atoms with Crippen LogP contribution in [0.3, 0.4) is 0 Å². The van der Waals surface area contributed by atoms with E-state index in [1.165, 1.54) is 19.3 Å². The smallest absolute Gasteiger partial charge is 0.435 e. The van der Waals surface area contributed by atoms with E-state index in [1.54, 1.807) is 4.90 Å². The Balaban J connectivity index is 0.000000323. The number of hydrogen-bond donors (Lipinski definition) is 1. The number of anilines is 2. The predicted molar refractivity (Wildman–Crippen MR) is 123 cm³/mol. The number of aromatic nitrogens is 2. The average Bonchev–Trinajstić information content (AvgIpc) is 3.43. The largest absolute Gasteiger partial charge is 0.662 e. The number of imidazole rings is 1. The number of alkyl halides is 3. The van der Waals surface area contributed by atoms with E-state index in [1.807, 2.05) is 32.9 Å². The maximum Gasteiger partial charge on any atom is 0.435 e. The number of halogens is 3. The van der Waals surface area contributed by atoms with Gasteiger partial charge >= 0.3 is 12.1 Å². The molecule has 9 heteroatoms. The number of fused-ring (bicyclic) bond motifs is 1. The van der Waals surface area contributed by atoms with Crippen LogP contribution in [0.15, 0.2) is 12.1 Å². The monoisotopic (exact) mass is 465 g/mol. The minimum absolute atomic E-state index is 0.0334. The first-order chi connectivity index (χ1) is 15.5. The molecular formula is C24H32F3N4O2-. The van der Waals surface area contributed by atoms with Gasteiger partial charge in [0, 0.05) is 18.8 Å². The van der Waals surface area contributed by atoms with Gasteiger partial charge in [0.1, 0.15) is 0 Å². The van der Waals surface area contributed by atoms with E-state index in [0.29, 0.717) is 13.0 Å². The highest BCUT2D eigenvalue weighted by Crippen LogP contribution is 2.39. The third-order valence-electron chi connectivity index (χ3n) is 5.79. The Morgan fingerprint density at radius 2 is 1.82 bits per heavy atom. The molecule has 182 valence electrons. The molecule has 1 N–H and O–H groups in total. The number of carbonyl (C=O) groups is 1. The molecule has 4 rings (SSSR count). The van der Waals surface area contributed by atoms with E-state index in [9.17, 15) is 23.1 Å². The average molecular weight is 466 g/mol. The maximum absolute atomic E-state index is 13.3. The topological polar surface area (TPSA) is 72.5 Å². The first-order valence-electron chi connectivity index (χ1n) is 11.4. The van der Waals surface area contributed by atoms with Gasteiger partial charge in [-0.15, -0.1) is 13.1 Å². The van der Waals surface area contributed by atoms with Crippen molar-refractivity contribution in [3.05, 3.63) is 45.5 Å². The molecule has 1 saturated carbocycles. The van der Waals surface area contributed by atoms with Crippen LogP contribution in [0.2, 0.25) is 0 Å². The SMILES string of the molecule is CCC[N-]CC1CC1.Cc1cc(C)c(N2CCCn3c2nc(C(F)(F)F)c3C(=O)O)c(C)c1. The standard InChI is InChI=1S/C17H18F3N3O2.C7H14N/c1-9-7-10(2)12(11(3)8-9)22-5-4-6-23-13(15(24)25)14(17(18,19)20)21-16(22)23;1-2-5-8-6-7-3-4-7/h7-8H,4-6H2,1-3H3,(H,24,25);7H,2-6H2,1H3/q;-1. The fourth-order valence-electron chi connectivity index (χ4n) is 4.30. The molecule has 1 aromatic heterocycles. The molecule has 1 aliphatic heterocycles. The third-order valence-corrected chi connectivity index (χ3v) is 5.79. The molecule has 33 heavy (non-hydrogen) atoms. The molecule has 2 aromatic rings. The van der Waals surface area contributed by atoms with Crippen LogP contribution in [0.5, 0.6) is 0 Å². The molecule has 1 fully saturated rings. The lowest BCUT2D eigenvalue weighted by Crippen LogP contribution is -2.30. The highest BCUT2D eigenvalue weighted by molar-refractivity contribution is 5.88. The third kappa shape index (κ3) is 5.88. The van der Waals surface area contributed by atoms with Crippen molar-refractivity contribution >= 4 is 17.6 Å². The normalized spacial score (nSPS) is 15.7. The summed E-state index contributed by atoms with van der Waals surface area (Å²) in [5.41, 5.74) is 1.53. The lowest BCUT2D eigenvalue weighted by atomic mass is 10.0. The molecule has 0 atom stereocenters. The molecule has 0 spiro atoms. The van der Waals surface area contributed by atoms with Gasteiger partial charge in [-0.05, 0) is 38.3 Å². The molecule has 2 aliphatic rings. The summed E-state index contributed by atoms with van der Waals surface area (Å²) >= 11 is 0. The van der Waals surface area contributed by atoms with Gasteiger partial charge in [0.05, 0.1) is 0 Å². The van der Waals surface area contributed by atoms with E-state index in [4.69, 9.17) is 0 Å². The summed E-state index contributed by atoms with van der Waals surface area (Å²) in [6.07, 6.45) is -0.193. The molecular weight excluding hydrogens is 433 g/mol. The molecule has 0 radical (unpaired) electrons. The lowest BCUT2D eigenvalue weighted by molar-refractivity contribution is -0.141. The second kappa shape index (κ2) is 10.2. The van der Waals surface area contributed by atoms with Crippen LogP contribution in [-0.4, -0.2) is 40.3 Å². The van der Waals surface area contributed by atoms with Crippen LogP contribution in [0.1, 0.15) is 65.5 Å². The van der Waals surface area contributed by atoms with Crippen molar-refractivity contribution < 1.29 is 23.1 Å². The van der Waals surface area contributed by atoms with Gasteiger partial charge in [0.2, 0.25) is 5.95 Å². The number of benzene rings is 1. The van der Waals surface area contributed by atoms with E-state index in [-0.39, 0.29) is 12.5 Å². The first kappa shape index (κ1) is 25.1. The summed E-state index contributed by atoms with van der Waals surface area (Å²) in [5, 5.41) is 13.6. The number of hydrogen-bond acceptors (Lipinski definition) is 3. The number of carboxylic acids is 1. The number of nitrogens with zero attached hydrogens (tertiary/aromatic N) is 4. The summed E-state index contributed by atoms with van der Waals surface area (Å²) in [5.74, 6) is -0.599. The van der Waals surface area contributed by atoms with E-state index in [2.05, 4.69) is 17.2 Å². The zero-order valence-electron chi connectivity index (χ0n) is 19.7. The van der Waals surface area contributed by atoms with Gasteiger partial charge < -0.3 is 19.9 Å². The van der Waals surface area contributed by atoms with Gasteiger partial charge in [-0.2, -0.15) is 13.2 Å². The Labute approximate surface area is 192 Å².